The van der Waals surface area contributed by atoms with Crippen LogP contribution in [0.2, 0.25) is 0 Å². The van der Waals surface area contributed by atoms with E-state index in [-0.39, 0.29) is 18.3 Å². The lowest BCUT2D eigenvalue weighted by Crippen LogP contribution is -2.40. The standard InChI is InChI=1S/C29H28N2O7S/c1-31(20-11-12-39(34,35)16-20)26(32)15-36-29(33)27-21-6-2-3-8-23(21)30-28-19(5-4-7-22(27)28)13-18-9-10-24-25(14-18)38-17-37-24/h2-3,6,8-10,13-14,20H,4-5,7,11-12,15-17H2,1H3/b19-13-. The van der Waals surface area contributed by atoms with E-state index in [0.717, 1.165) is 35.2 Å². The van der Waals surface area contributed by atoms with Gasteiger partial charge in [0.2, 0.25) is 6.79 Å². The minimum absolute atomic E-state index is 0.0618. The highest BCUT2D eigenvalue weighted by molar-refractivity contribution is 7.91. The zero-order valence-electron chi connectivity index (χ0n) is 21.5. The van der Waals surface area contributed by atoms with Gasteiger partial charge in [-0.15, -0.1) is 0 Å². The molecule has 3 heterocycles. The van der Waals surface area contributed by atoms with Crippen molar-refractivity contribution in [1.29, 1.82) is 0 Å². The van der Waals surface area contributed by atoms with Gasteiger partial charge in [-0.3, -0.25) is 4.79 Å². The molecule has 1 aliphatic carbocycles. The number of rotatable bonds is 5. The molecule has 2 aromatic carbocycles. The Morgan fingerprint density at radius 3 is 2.77 bits per heavy atom. The second kappa shape index (κ2) is 10.00. The SMILES string of the molecule is CN(C(=O)COC(=O)c1c2c(nc3ccccc13)/C(=C\c1ccc3c(c1)OCO3)CCC2)C1CCS(=O)(=O)C1. The molecule has 2 aliphatic heterocycles. The largest absolute Gasteiger partial charge is 0.454 e. The number of hydrogen-bond donors (Lipinski definition) is 0. The molecule has 10 heteroatoms. The number of sulfone groups is 1. The van der Waals surface area contributed by atoms with Crippen molar-refractivity contribution in [3.63, 3.8) is 0 Å². The fourth-order valence-electron chi connectivity index (χ4n) is 5.50. The topological polar surface area (TPSA) is 112 Å². The Morgan fingerprint density at radius 1 is 1.13 bits per heavy atom. The molecular formula is C29H28N2O7S. The first-order valence-corrected chi connectivity index (χ1v) is 14.8. The van der Waals surface area contributed by atoms with Gasteiger partial charge in [0.15, 0.2) is 27.9 Å². The monoisotopic (exact) mass is 548 g/mol. The normalized spacial score (nSPS) is 20.1. The average molecular weight is 549 g/mol. The quantitative estimate of drug-likeness (QED) is 0.445. The molecule has 0 saturated carbocycles. The minimum atomic E-state index is -3.14. The third kappa shape index (κ3) is 4.96. The van der Waals surface area contributed by atoms with E-state index in [4.69, 9.17) is 19.2 Å². The van der Waals surface area contributed by atoms with Crippen molar-refractivity contribution in [2.75, 3.05) is 32.0 Å². The number of benzene rings is 2. The number of amides is 1. The van der Waals surface area contributed by atoms with E-state index in [0.29, 0.717) is 40.8 Å². The Morgan fingerprint density at radius 2 is 1.95 bits per heavy atom. The Bertz CT molecular complexity index is 1630. The summed E-state index contributed by atoms with van der Waals surface area (Å²) in [6.07, 6.45) is 4.74. The summed E-state index contributed by atoms with van der Waals surface area (Å²) >= 11 is 0. The fourth-order valence-corrected chi connectivity index (χ4v) is 7.27. The number of esters is 1. The van der Waals surface area contributed by atoms with Crippen LogP contribution >= 0.6 is 0 Å². The number of allylic oxidation sites excluding steroid dienone is 1. The van der Waals surface area contributed by atoms with Gasteiger partial charge in [0.1, 0.15) is 0 Å². The fraction of sp³-hybridized carbons (Fsp3) is 0.345. The average Bonchev–Trinajstić information content (AvgIpc) is 3.55. The summed E-state index contributed by atoms with van der Waals surface area (Å²) in [6.45, 7) is -0.257. The summed E-state index contributed by atoms with van der Waals surface area (Å²) in [5.41, 5.74) is 4.60. The van der Waals surface area contributed by atoms with Gasteiger partial charge in [-0.25, -0.2) is 18.2 Å². The van der Waals surface area contributed by atoms with Crippen LogP contribution in [-0.2, 0) is 25.8 Å². The molecule has 0 bridgehead atoms. The second-order valence-electron chi connectivity index (χ2n) is 10.1. The van der Waals surface area contributed by atoms with Crippen LogP contribution in [0.5, 0.6) is 11.5 Å². The van der Waals surface area contributed by atoms with Crippen LogP contribution in [-0.4, -0.2) is 68.2 Å². The lowest BCUT2D eigenvalue weighted by atomic mass is 9.86. The molecule has 1 fully saturated rings. The third-order valence-corrected chi connectivity index (χ3v) is 9.34. The molecule has 9 nitrogen and oxygen atoms in total. The maximum atomic E-state index is 13.5. The van der Waals surface area contributed by atoms with Gasteiger partial charge < -0.3 is 19.1 Å². The number of hydrogen-bond acceptors (Lipinski definition) is 8. The van der Waals surface area contributed by atoms with Gasteiger partial charge in [-0.05, 0) is 66.7 Å². The lowest BCUT2D eigenvalue weighted by molar-refractivity contribution is -0.134. The zero-order valence-corrected chi connectivity index (χ0v) is 22.3. The van der Waals surface area contributed by atoms with E-state index in [1.165, 1.54) is 4.90 Å². The van der Waals surface area contributed by atoms with Gasteiger partial charge in [0, 0.05) is 18.5 Å². The molecule has 0 spiro atoms. The maximum absolute atomic E-state index is 13.5. The van der Waals surface area contributed by atoms with Gasteiger partial charge in [0.05, 0.1) is 28.3 Å². The molecule has 1 saturated heterocycles. The van der Waals surface area contributed by atoms with Gasteiger partial charge in [-0.2, -0.15) is 0 Å². The number of carbonyl (C=O) groups excluding carboxylic acids is 2. The van der Waals surface area contributed by atoms with Gasteiger partial charge in [-0.1, -0.05) is 24.3 Å². The number of aromatic nitrogens is 1. The predicted octanol–water partition coefficient (Wildman–Crippen LogP) is 3.64. The molecule has 3 aromatic rings. The van der Waals surface area contributed by atoms with Crippen molar-refractivity contribution in [3.8, 4) is 11.5 Å². The number of likely N-dealkylation sites (N-methyl/N-ethyl adjacent to an activating group) is 1. The molecule has 3 aliphatic rings. The van der Waals surface area contributed by atoms with E-state index >= 15 is 0 Å². The summed E-state index contributed by atoms with van der Waals surface area (Å²) in [7, 11) is -1.59. The Hall–Kier alpha value is -3.92. The first kappa shape index (κ1) is 25.4. The molecule has 6 rings (SSSR count). The molecule has 39 heavy (non-hydrogen) atoms. The molecular weight excluding hydrogens is 520 g/mol. The minimum Gasteiger partial charge on any atom is -0.454 e. The first-order chi connectivity index (χ1) is 18.8. The highest BCUT2D eigenvalue weighted by atomic mass is 32.2. The van der Waals surface area contributed by atoms with Crippen molar-refractivity contribution in [2.45, 2.75) is 31.7 Å². The van der Waals surface area contributed by atoms with Gasteiger partial charge >= 0.3 is 5.97 Å². The Labute approximate surface area is 226 Å². The van der Waals surface area contributed by atoms with Crippen LogP contribution in [0.25, 0.3) is 22.6 Å². The smallest absolute Gasteiger partial charge is 0.339 e. The summed E-state index contributed by atoms with van der Waals surface area (Å²) in [6, 6.07) is 12.8. The lowest BCUT2D eigenvalue weighted by Gasteiger charge is -2.24. The van der Waals surface area contributed by atoms with E-state index in [1.807, 2.05) is 42.5 Å². The molecule has 1 atom stereocenters. The van der Waals surface area contributed by atoms with Crippen LogP contribution in [0.4, 0.5) is 0 Å². The van der Waals surface area contributed by atoms with E-state index in [2.05, 4.69) is 6.08 Å². The first-order valence-electron chi connectivity index (χ1n) is 12.9. The number of pyridine rings is 1. The number of ether oxygens (including phenoxy) is 3. The predicted molar refractivity (Wildman–Crippen MR) is 145 cm³/mol. The Kier molecular flexibility index (Phi) is 6.50. The van der Waals surface area contributed by atoms with Crippen LogP contribution < -0.4 is 9.47 Å². The van der Waals surface area contributed by atoms with Crippen molar-refractivity contribution in [2.24, 2.45) is 0 Å². The van der Waals surface area contributed by atoms with E-state index in [1.54, 1.807) is 7.05 Å². The highest BCUT2D eigenvalue weighted by Gasteiger charge is 2.33. The molecule has 0 N–H and O–H groups in total. The summed E-state index contributed by atoms with van der Waals surface area (Å²) < 4.78 is 40.1. The van der Waals surface area contributed by atoms with Crippen molar-refractivity contribution < 1.29 is 32.2 Å². The summed E-state index contributed by atoms with van der Waals surface area (Å²) in [5.74, 6) is 0.387. The van der Waals surface area contributed by atoms with Crippen molar-refractivity contribution in [1.82, 2.24) is 9.88 Å². The number of carbonyl (C=O) groups is 2. The summed E-state index contributed by atoms with van der Waals surface area (Å²) in [5, 5.41) is 0.674. The van der Waals surface area contributed by atoms with Crippen LogP contribution in [0, 0.1) is 0 Å². The highest BCUT2D eigenvalue weighted by Crippen LogP contribution is 2.38. The molecule has 0 radical (unpaired) electrons. The zero-order chi connectivity index (χ0) is 27.1. The molecule has 1 unspecified atom stereocenters. The maximum Gasteiger partial charge on any atom is 0.339 e. The Balaban J connectivity index is 1.30. The van der Waals surface area contributed by atoms with Crippen LogP contribution in [0.1, 0.15) is 46.4 Å². The van der Waals surface area contributed by atoms with Crippen LogP contribution in [0.3, 0.4) is 0 Å². The number of para-hydroxylation sites is 1. The van der Waals surface area contributed by atoms with Crippen molar-refractivity contribution in [3.05, 3.63) is 64.8 Å². The molecule has 202 valence electrons. The van der Waals surface area contributed by atoms with Crippen LogP contribution in [0.15, 0.2) is 42.5 Å². The van der Waals surface area contributed by atoms with Crippen molar-refractivity contribution >= 4 is 44.3 Å². The second-order valence-corrected chi connectivity index (χ2v) is 12.3. The number of nitrogens with zero attached hydrogens (tertiary/aromatic N) is 2. The summed E-state index contributed by atoms with van der Waals surface area (Å²) in [4.78, 5) is 32.6. The van der Waals surface area contributed by atoms with Gasteiger partial charge in [0.25, 0.3) is 5.91 Å². The third-order valence-electron chi connectivity index (χ3n) is 7.59. The molecule has 1 amide bonds. The van der Waals surface area contributed by atoms with E-state index in [9.17, 15) is 18.0 Å². The van der Waals surface area contributed by atoms with E-state index < -0.39 is 34.4 Å². The number of fused-ring (bicyclic) bond motifs is 3. The molecule has 1 aromatic heterocycles.